The smallest absolute Gasteiger partial charge is 0.352 e. The number of carbonyl (C=O) groups excluding carboxylic acids is 1. The van der Waals surface area contributed by atoms with Gasteiger partial charge in [0.2, 0.25) is 5.91 Å². The fraction of sp³-hybridized carbons (Fsp3) is 0.500. The zero-order chi connectivity index (χ0) is 25.6. The van der Waals surface area contributed by atoms with E-state index in [-0.39, 0.29) is 17.9 Å². The molecule has 0 radical (unpaired) electrons. The van der Waals surface area contributed by atoms with Crippen LogP contribution >= 0.6 is 0 Å². The number of alkyl halides is 3. The molecule has 1 spiro atoms. The van der Waals surface area contributed by atoms with E-state index < -0.39 is 17.2 Å². The molecule has 1 unspecified atom stereocenters. The molecular formula is C30H35F3N2O. The lowest BCUT2D eigenvalue weighted by molar-refractivity contribution is -0.137. The van der Waals surface area contributed by atoms with Crippen LogP contribution in [0.3, 0.4) is 0 Å². The molecule has 0 aromatic heterocycles. The van der Waals surface area contributed by atoms with E-state index in [1.54, 1.807) is 0 Å². The highest BCUT2D eigenvalue weighted by atomic mass is 19.4. The number of hydrogen-bond acceptors (Lipinski definition) is 2. The van der Waals surface area contributed by atoms with Crippen molar-refractivity contribution >= 4 is 12.0 Å². The van der Waals surface area contributed by atoms with Gasteiger partial charge in [-0.3, -0.25) is 9.69 Å². The molecule has 6 heteroatoms. The van der Waals surface area contributed by atoms with Gasteiger partial charge >= 0.3 is 6.18 Å². The van der Waals surface area contributed by atoms with Crippen molar-refractivity contribution in [3.05, 3.63) is 76.9 Å². The minimum atomic E-state index is -4.35. The largest absolute Gasteiger partial charge is 0.416 e. The number of likely N-dealkylation sites (tertiary alicyclic amines) is 1. The van der Waals surface area contributed by atoms with Crippen molar-refractivity contribution < 1.29 is 18.0 Å². The topological polar surface area (TPSA) is 32.3 Å². The number of nitrogens with zero attached hydrogens (tertiary/aromatic N) is 1. The number of nitrogens with one attached hydrogen (secondary N) is 1. The molecule has 1 N–H and O–H groups in total. The maximum Gasteiger partial charge on any atom is 0.416 e. The number of amides is 1. The van der Waals surface area contributed by atoms with Gasteiger partial charge in [0.25, 0.3) is 0 Å². The zero-order valence-electron chi connectivity index (χ0n) is 21.1. The lowest BCUT2D eigenvalue weighted by Gasteiger charge is -2.46. The maximum absolute atomic E-state index is 13.3. The molecular weight excluding hydrogens is 461 g/mol. The summed E-state index contributed by atoms with van der Waals surface area (Å²) in [5.41, 5.74) is 2.51. The lowest BCUT2D eigenvalue weighted by atomic mass is 9.67. The Kier molecular flexibility index (Phi) is 6.52. The third-order valence-electron chi connectivity index (χ3n) is 9.21. The Bertz CT molecular complexity index is 1140. The second-order valence-electron chi connectivity index (χ2n) is 11.0. The molecule has 192 valence electrons. The van der Waals surface area contributed by atoms with Crippen LogP contribution in [0.2, 0.25) is 0 Å². The Hall–Kier alpha value is -2.60. The first kappa shape index (κ1) is 25.1. The number of rotatable bonds is 5. The Balaban J connectivity index is 1.20. The van der Waals surface area contributed by atoms with E-state index in [9.17, 15) is 18.0 Å². The monoisotopic (exact) mass is 496 g/mol. The summed E-state index contributed by atoms with van der Waals surface area (Å²) in [7, 11) is 0. The Labute approximate surface area is 211 Å². The van der Waals surface area contributed by atoms with Crippen LogP contribution in [0.5, 0.6) is 0 Å². The first-order chi connectivity index (χ1) is 17.2. The van der Waals surface area contributed by atoms with Crippen LogP contribution in [0.4, 0.5) is 13.2 Å². The minimum absolute atomic E-state index is 0.0292. The molecule has 1 saturated carbocycles. The molecule has 3 nitrogen and oxygen atoms in total. The van der Waals surface area contributed by atoms with Crippen molar-refractivity contribution in [1.82, 2.24) is 10.2 Å². The molecule has 2 fully saturated rings. The highest BCUT2D eigenvalue weighted by Gasteiger charge is 2.49. The van der Waals surface area contributed by atoms with Crippen LogP contribution < -0.4 is 5.32 Å². The van der Waals surface area contributed by atoms with Gasteiger partial charge in [0.1, 0.15) is 0 Å². The standard InChI is InChI=1S/C30H35F3N2O/c1-3-28(27(36)34-19-22-8-10-24(11-9-22)30(31,32)33)14-13-25(18-28)35-17-16-29(21(2)20-35)15-12-23-6-4-5-7-26(23)29/h4-12,15,21,25H,3,13-14,16-20H2,1-2H3,(H,34,36)/t21-,25?,28-,29-/m0/s1. The summed E-state index contributed by atoms with van der Waals surface area (Å²) in [6.07, 6.45) is 4.91. The van der Waals surface area contributed by atoms with Crippen molar-refractivity contribution in [1.29, 1.82) is 0 Å². The van der Waals surface area contributed by atoms with Gasteiger partial charge in [0.15, 0.2) is 0 Å². The number of piperidine rings is 1. The molecule has 1 amide bonds. The van der Waals surface area contributed by atoms with Gasteiger partial charge < -0.3 is 5.32 Å². The van der Waals surface area contributed by atoms with Gasteiger partial charge in [-0.15, -0.1) is 0 Å². The van der Waals surface area contributed by atoms with E-state index in [0.29, 0.717) is 17.5 Å². The van der Waals surface area contributed by atoms with Gasteiger partial charge in [-0.1, -0.05) is 62.4 Å². The van der Waals surface area contributed by atoms with E-state index >= 15 is 0 Å². The molecule has 1 heterocycles. The summed E-state index contributed by atoms with van der Waals surface area (Å²) >= 11 is 0. The predicted molar refractivity (Wildman–Crippen MR) is 136 cm³/mol. The summed E-state index contributed by atoms with van der Waals surface area (Å²) < 4.78 is 38.5. The van der Waals surface area contributed by atoms with E-state index in [2.05, 4.69) is 60.5 Å². The van der Waals surface area contributed by atoms with E-state index in [0.717, 1.165) is 57.3 Å². The summed E-state index contributed by atoms with van der Waals surface area (Å²) in [5, 5.41) is 3.03. The number of halogens is 3. The SMILES string of the molecule is CC[C@]1(C(=O)NCc2ccc(C(F)(F)F)cc2)CCC(N2CC[C@@]3(C=Cc4ccccc43)[C@@H](C)C2)C1. The molecule has 5 rings (SSSR count). The Morgan fingerprint density at radius 3 is 2.56 bits per heavy atom. The minimum Gasteiger partial charge on any atom is -0.352 e. The number of carbonyl (C=O) groups is 1. The number of allylic oxidation sites excluding steroid dienone is 1. The highest BCUT2D eigenvalue weighted by molar-refractivity contribution is 5.83. The second-order valence-corrected chi connectivity index (χ2v) is 11.0. The molecule has 1 saturated heterocycles. The quantitative estimate of drug-likeness (QED) is 0.507. The van der Waals surface area contributed by atoms with Gasteiger partial charge in [0, 0.05) is 24.5 Å². The lowest BCUT2D eigenvalue weighted by Crippen LogP contribution is -2.51. The van der Waals surface area contributed by atoms with Gasteiger partial charge in [-0.05, 0) is 73.4 Å². The number of fused-ring (bicyclic) bond motifs is 2. The first-order valence-corrected chi connectivity index (χ1v) is 13.1. The average Bonchev–Trinajstić information content (AvgIpc) is 3.48. The molecule has 4 atom stereocenters. The van der Waals surface area contributed by atoms with Crippen LogP contribution in [-0.4, -0.2) is 29.9 Å². The van der Waals surface area contributed by atoms with Crippen molar-refractivity contribution in [2.24, 2.45) is 11.3 Å². The molecule has 2 aromatic carbocycles. The number of hydrogen-bond donors (Lipinski definition) is 1. The summed E-state index contributed by atoms with van der Waals surface area (Å²) in [6, 6.07) is 14.2. The molecule has 0 bridgehead atoms. The van der Waals surface area contributed by atoms with Gasteiger partial charge in [0.05, 0.1) is 11.0 Å². The number of benzene rings is 2. The fourth-order valence-electron chi connectivity index (χ4n) is 6.83. The van der Waals surface area contributed by atoms with Crippen LogP contribution in [0.25, 0.3) is 6.08 Å². The summed E-state index contributed by atoms with van der Waals surface area (Å²) in [5.74, 6) is 0.526. The molecule has 3 aliphatic rings. The Morgan fingerprint density at radius 2 is 1.86 bits per heavy atom. The summed E-state index contributed by atoms with van der Waals surface area (Å²) in [4.78, 5) is 15.9. The first-order valence-electron chi connectivity index (χ1n) is 13.1. The average molecular weight is 497 g/mol. The summed E-state index contributed by atoms with van der Waals surface area (Å²) in [6.45, 7) is 6.74. The van der Waals surface area contributed by atoms with E-state index in [1.807, 2.05) is 0 Å². The van der Waals surface area contributed by atoms with E-state index in [4.69, 9.17) is 0 Å². The second kappa shape index (κ2) is 9.37. The van der Waals surface area contributed by atoms with Crippen molar-refractivity contribution in [2.45, 2.75) is 70.1 Å². The normalized spacial score (nSPS) is 30.0. The Morgan fingerprint density at radius 1 is 1.11 bits per heavy atom. The van der Waals surface area contributed by atoms with Gasteiger partial charge in [-0.25, -0.2) is 0 Å². The highest BCUT2D eigenvalue weighted by Crippen LogP contribution is 2.49. The van der Waals surface area contributed by atoms with E-state index in [1.165, 1.54) is 23.3 Å². The predicted octanol–water partition coefficient (Wildman–Crippen LogP) is 6.58. The van der Waals surface area contributed by atoms with Crippen molar-refractivity contribution in [2.75, 3.05) is 13.1 Å². The third-order valence-corrected chi connectivity index (χ3v) is 9.21. The van der Waals surface area contributed by atoms with Crippen LogP contribution in [0.15, 0.2) is 54.6 Å². The van der Waals surface area contributed by atoms with Crippen LogP contribution in [-0.2, 0) is 22.9 Å². The zero-order valence-corrected chi connectivity index (χ0v) is 21.1. The van der Waals surface area contributed by atoms with Crippen LogP contribution in [0.1, 0.15) is 68.2 Å². The molecule has 2 aromatic rings. The maximum atomic E-state index is 13.3. The van der Waals surface area contributed by atoms with Crippen molar-refractivity contribution in [3.8, 4) is 0 Å². The third kappa shape index (κ3) is 4.38. The van der Waals surface area contributed by atoms with Gasteiger partial charge in [-0.2, -0.15) is 13.2 Å². The fourth-order valence-corrected chi connectivity index (χ4v) is 6.83. The molecule has 1 aliphatic heterocycles. The molecule has 36 heavy (non-hydrogen) atoms. The van der Waals surface area contributed by atoms with Crippen LogP contribution in [0, 0.1) is 11.3 Å². The molecule has 2 aliphatic carbocycles. The van der Waals surface area contributed by atoms with Crippen molar-refractivity contribution in [3.63, 3.8) is 0 Å².